The predicted octanol–water partition coefficient (Wildman–Crippen LogP) is 5.16. The molecule has 2 aliphatic rings. The molecule has 5 rings (SSSR count). The molecule has 1 saturated heterocycles. The van der Waals surface area contributed by atoms with Crippen molar-refractivity contribution >= 4 is 23.4 Å². The lowest BCUT2D eigenvalue weighted by Gasteiger charge is -2.37. The summed E-state index contributed by atoms with van der Waals surface area (Å²) in [5.41, 5.74) is 2.03. The number of likely N-dealkylation sites (N-methyl/N-ethyl adjacent to an activating group) is 1. The summed E-state index contributed by atoms with van der Waals surface area (Å²) in [6, 6.07) is 7.77. The highest BCUT2D eigenvalue weighted by atomic mass is 16.6. The van der Waals surface area contributed by atoms with Crippen LogP contribution in [0.2, 0.25) is 0 Å². The number of aromatic nitrogens is 3. The number of nitrogens with zero attached hydrogens (tertiary/aromatic N) is 5. The third kappa shape index (κ3) is 5.23. The van der Waals surface area contributed by atoms with Crippen molar-refractivity contribution in [2.24, 2.45) is 17.8 Å². The number of amides is 1. The highest BCUT2D eigenvalue weighted by Gasteiger charge is 2.37. The van der Waals surface area contributed by atoms with Gasteiger partial charge in [0.15, 0.2) is 11.5 Å². The zero-order valence-corrected chi connectivity index (χ0v) is 23.2. The number of hydrogen-bond acceptors (Lipinski definition) is 6. The van der Waals surface area contributed by atoms with Crippen LogP contribution in [0.1, 0.15) is 49.5 Å². The molecule has 2 unspecified atom stereocenters. The van der Waals surface area contributed by atoms with E-state index in [2.05, 4.69) is 40.6 Å². The number of hydrogen-bond donors (Lipinski definition) is 1. The number of carbonyl (C=O) groups excluding carboxylic acids is 2. The van der Waals surface area contributed by atoms with Gasteiger partial charge in [0.1, 0.15) is 11.7 Å². The molecule has 2 fully saturated rings. The van der Waals surface area contributed by atoms with E-state index in [9.17, 15) is 9.59 Å². The molecule has 3 aromatic rings. The number of rotatable bonds is 4. The van der Waals surface area contributed by atoms with Crippen LogP contribution in [0.15, 0.2) is 24.3 Å². The fourth-order valence-electron chi connectivity index (χ4n) is 5.95. The third-order valence-electron chi connectivity index (χ3n) is 8.01. The molecule has 1 amide bonds. The zero-order valence-electron chi connectivity index (χ0n) is 23.2. The minimum atomic E-state index is -0.624. The molecule has 39 heavy (non-hydrogen) atoms. The smallest absolute Gasteiger partial charge is 0.415 e. The standard InChI is InChI=1S/C29H36N6O4/c1-17-7-9-21(10-8-17)25-31-26-22(28(36)38-24-19(3)15-18(2)16-20(24)4)23(30-5)27(35(26)32-25)39-29(37)34-13-11-33(6)12-14-34/h7-10,18-20,24H,11-16H2,1-4,6H3,(H,31,32). The van der Waals surface area contributed by atoms with Gasteiger partial charge in [0, 0.05) is 31.7 Å². The molecule has 3 heterocycles. The first kappa shape index (κ1) is 26.8. The maximum Gasteiger partial charge on any atom is 0.415 e. The van der Waals surface area contributed by atoms with Crippen molar-refractivity contribution in [3.63, 3.8) is 0 Å². The minimum Gasteiger partial charge on any atom is -0.459 e. The number of aryl methyl sites for hydroxylation is 1. The highest BCUT2D eigenvalue weighted by Crippen LogP contribution is 2.41. The number of aromatic amines is 1. The molecule has 1 aliphatic heterocycles. The van der Waals surface area contributed by atoms with Crippen LogP contribution in [0.5, 0.6) is 5.88 Å². The topological polar surface area (TPSA) is 96.5 Å². The number of esters is 1. The molecule has 206 valence electrons. The van der Waals surface area contributed by atoms with Gasteiger partial charge in [-0.2, -0.15) is 0 Å². The monoisotopic (exact) mass is 532 g/mol. The largest absolute Gasteiger partial charge is 0.459 e. The number of nitrogens with one attached hydrogen (secondary N) is 1. The first-order valence-corrected chi connectivity index (χ1v) is 13.6. The average molecular weight is 533 g/mol. The lowest BCUT2D eigenvalue weighted by molar-refractivity contribution is -0.0249. The predicted molar refractivity (Wildman–Crippen MR) is 147 cm³/mol. The van der Waals surface area contributed by atoms with Crippen LogP contribution in [0.4, 0.5) is 10.5 Å². The van der Waals surface area contributed by atoms with Gasteiger partial charge in [-0.05, 0) is 44.6 Å². The summed E-state index contributed by atoms with van der Waals surface area (Å²) in [5, 5.41) is 3.14. The van der Waals surface area contributed by atoms with E-state index in [1.807, 2.05) is 38.2 Å². The normalized spacial score (nSPS) is 23.9. The molecular weight excluding hydrogens is 496 g/mol. The Hall–Kier alpha value is -3.84. The summed E-state index contributed by atoms with van der Waals surface area (Å²) in [4.78, 5) is 38.9. The lowest BCUT2D eigenvalue weighted by Crippen LogP contribution is -2.48. The fourth-order valence-corrected chi connectivity index (χ4v) is 5.95. The Bertz CT molecular complexity index is 1400. The van der Waals surface area contributed by atoms with Crippen LogP contribution < -0.4 is 4.74 Å². The van der Waals surface area contributed by atoms with E-state index in [0.717, 1.165) is 37.1 Å². The van der Waals surface area contributed by atoms with Crippen LogP contribution in [0, 0.1) is 31.2 Å². The van der Waals surface area contributed by atoms with Crippen molar-refractivity contribution in [3.05, 3.63) is 46.8 Å². The molecule has 2 atom stereocenters. The summed E-state index contributed by atoms with van der Waals surface area (Å²) >= 11 is 0. The first-order chi connectivity index (χ1) is 18.7. The molecular formula is C29H36N6O4. The Labute approximate surface area is 228 Å². The van der Waals surface area contributed by atoms with E-state index < -0.39 is 12.1 Å². The molecule has 2 aromatic heterocycles. The Morgan fingerprint density at radius 2 is 1.69 bits per heavy atom. The third-order valence-corrected chi connectivity index (χ3v) is 8.01. The van der Waals surface area contributed by atoms with Crippen molar-refractivity contribution in [2.75, 3.05) is 33.2 Å². The summed E-state index contributed by atoms with van der Waals surface area (Å²) < 4.78 is 13.3. The van der Waals surface area contributed by atoms with Crippen LogP contribution >= 0.6 is 0 Å². The van der Waals surface area contributed by atoms with Gasteiger partial charge in [-0.1, -0.05) is 50.6 Å². The Morgan fingerprint density at radius 1 is 1.05 bits per heavy atom. The van der Waals surface area contributed by atoms with Gasteiger partial charge in [0.05, 0.1) is 6.57 Å². The van der Waals surface area contributed by atoms with Gasteiger partial charge in [-0.3, -0.25) is 5.10 Å². The van der Waals surface area contributed by atoms with Crippen LogP contribution in [-0.4, -0.2) is 75.8 Å². The van der Waals surface area contributed by atoms with E-state index in [1.165, 1.54) is 4.52 Å². The number of ether oxygens (including phenoxy) is 2. The second-order valence-corrected chi connectivity index (χ2v) is 11.3. The molecule has 1 saturated carbocycles. The summed E-state index contributed by atoms with van der Waals surface area (Å²) in [6.45, 7) is 18.8. The summed E-state index contributed by atoms with van der Waals surface area (Å²) in [7, 11) is 2.00. The SMILES string of the molecule is [C-]#[N+]c1c(C(=O)OC2C(C)CC(C)CC2C)c2nc(-c3ccc(C)cc3)[nH]n2c1OC(=O)N1CCN(C)CC1. The van der Waals surface area contributed by atoms with Crippen LogP contribution in [-0.2, 0) is 4.74 Å². The van der Waals surface area contributed by atoms with Gasteiger partial charge in [-0.25, -0.2) is 23.9 Å². The van der Waals surface area contributed by atoms with E-state index >= 15 is 0 Å². The molecule has 10 heteroatoms. The van der Waals surface area contributed by atoms with Gasteiger partial charge in [0.25, 0.3) is 5.69 Å². The number of H-pyrrole nitrogens is 1. The van der Waals surface area contributed by atoms with Gasteiger partial charge in [0.2, 0.25) is 5.88 Å². The first-order valence-electron chi connectivity index (χ1n) is 13.6. The Balaban J connectivity index is 1.55. The van der Waals surface area contributed by atoms with E-state index in [4.69, 9.17) is 16.0 Å². The Morgan fingerprint density at radius 3 is 2.31 bits per heavy atom. The molecule has 0 spiro atoms. The average Bonchev–Trinajstić information content (AvgIpc) is 3.44. The number of carbonyl (C=O) groups is 2. The molecule has 1 aromatic carbocycles. The zero-order chi connectivity index (χ0) is 27.8. The van der Waals surface area contributed by atoms with Gasteiger partial charge < -0.3 is 19.3 Å². The van der Waals surface area contributed by atoms with Crippen LogP contribution in [0.25, 0.3) is 21.9 Å². The van der Waals surface area contributed by atoms with Gasteiger partial charge in [-0.15, -0.1) is 0 Å². The molecule has 0 radical (unpaired) electrons. The maximum absolute atomic E-state index is 13.7. The van der Waals surface area contributed by atoms with E-state index in [1.54, 1.807) is 4.90 Å². The van der Waals surface area contributed by atoms with Crippen molar-refractivity contribution < 1.29 is 19.1 Å². The summed E-state index contributed by atoms with van der Waals surface area (Å²) in [6.07, 6.45) is 1.10. The quantitative estimate of drug-likeness (QED) is 0.368. The van der Waals surface area contributed by atoms with E-state index in [-0.39, 0.29) is 40.7 Å². The highest BCUT2D eigenvalue weighted by molar-refractivity contribution is 6.05. The summed E-state index contributed by atoms with van der Waals surface area (Å²) in [5.74, 6) is 0.758. The van der Waals surface area contributed by atoms with Crippen molar-refractivity contribution in [1.29, 1.82) is 0 Å². The molecule has 1 aliphatic carbocycles. The maximum atomic E-state index is 13.7. The van der Waals surface area contributed by atoms with E-state index in [0.29, 0.717) is 24.8 Å². The molecule has 1 N–H and O–H groups in total. The number of piperazine rings is 1. The van der Waals surface area contributed by atoms with Crippen molar-refractivity contribution in [3.8, 4) is 17.3 Å². The van der Waals surface area contributed by atoms with Crippen molar-refractivity contribution in [2.45, 2.75) is 46.6 Å². The fraction of sp³-hybridized carbons (Fsp3) is 0.517. The van der Waals surface area contributed by atoms with Crippen LogP contribution in [0.3, 0.4) is 0 Å². The van der Waals surface area contributed by atoms with Gasteiger partial charge >= 0.3 is 12.1 Å². The second kappa shape index (κ2) is 10.7. The lowest BCUT2D eigenvalue weighted by atomic mass is 9.75. The number of fused-ring (bicyclic) bond motifs is 1. The molecule has 10 nitrogen and oxygen atoms in total. The Kier molecular flexibility index (Phi) is 7.36. The van der Waals surface area contributed by atoms with Crippen molar-refractivity contribution in [1.82, 2.24) is 24.4 Å². The molecule has 0 bridgehead atoms. The second-order valence-electron chi connectivity index (χ2n) is 11.3. The minimum absolute atomic E-state index is 0.0128. The number of benzene rings is 1.